The molecule has 3 aromatic rings. The maximum Gasteiger partial charge on any atom is 0.260 e. The van der Waals surface area contributed by atoms with Crippen LogP contribution in [0.2, 0.25) is 0 Å². The summed E-state index contributed by atoms with van der Waals surface area (Å²) in [5, 5.41) is 6.64. The average Bonchev–Trinajstić information content (AvgIpc) is 2.96. The minimum Gasteiger partial charge on any atom is -0.365 e. The first-order valence-corrected chi connectivity index (χ1v) is 7.67. The van der Waals surface area contributed by atoms with Crippen molar-refractivity contribution in [3.8, 4) is 0 Å². The van der Waals surface area contributed by atoms with E-state index in [2.05, 4.69) is 5.32 Å². The van der Waals surface area contributed by atoms with Gasteiger partial charge < -0.3 is 11.1 Å². The molecule has 0 saturated carbocycles. The first-order valence-electron chi connectivity index (χ1n) is 6.79. The van der Waals surface area contributed by atoms with E-state index in [1.165, 1.54) is 11.3 Å². The minimum absolute atomic E-state index is 0.169. The lowest BCUT2D eigenvalue weighted by atomic mass is 10.0. The molecule has 0 bridgehead atoms. The SMILES string of the molecule is NC(=O)c1sccc1NC(=O)Cc1cccc2ccccc12. The number of nitrogens with one attached hydrogen (secondary N) is 1. The topological polar surface area (TPSA) is 72.2 Å². The van der Waals surface area contributed by atoms with Crippen LogP contribution in [0.4, 0.5) is 5.69 Å². The zero-order valence-electron chi connectivity index (χ0n) is 11.7. The molecule has 0 fully saturated rings. The third-order valence-electron chi connectivity index (χ3n) is 3.39. The Morgan fingerprint density at radius 2 is 1.82 bits per heavy atom. The van der Waals surface area contributed by atoms with Gasteiger partial charge >= 0.3 is 0 Å². The number of amides is 2. The van der Waals surface area contributed by atoms with Crippen LogP contribution in [0.1, 0.15) is 15.2 Å². The van der Waals surface area contributed by atoms with Crippen molar-refractivity contribution in [3.63, 3.8) is 0 Å². The summed E-state index contributed by atoms with van der Waals surface area (Å²) in [4.78, 5) is 23.9. The van der Waals surface area contributed by atoms with Crippen molar-refractivity contribution in [2.45, 2.75) is 6.42 Å². The largest absolute Gasteiger partial charge is 0.365 e. The maximum atomic E-state index is 12.2. The summed E-state index contributed by atoms with van der Waals surface area (Å²) in [6.07, 6.45) is 0.245. The Morgan fingerprint density at radius 3 is 2.64 bits per heavy atom. The van der Waals surface area contributed by atoms with E-state index < -0.39 is 5.91 Å². The summed E-state index contributed by atoms with van der Waals surface area (Å²) >= 11 is 1.22. The molecule has 3 N–H and O–H groups in total. The Hall–Kier alpha value is -2.66. The van der Waals surface area contributed by atoms with E-state index in [0.717, 1.165) is 16.3 Å². The third kappa shape index (κ3) is 2.84. The number of rotatable bonds is 4. The zero-order chi connectivity index (χ0) is 15.5. The summed E-state index contributed by atoms with van der Waals surface area (Å²) in [6, 6.07) is 15.5. The van der Waals surface area contributed by atoms with Gasteiger partial charge in [-0.25, -0.2) is 0 Å². The summed E-state index contributed by atoms with van der Waals surface area (Å²) in [5.41, 5.74) is 6.71. The quantitative estimate of drug-likeness (QED) is 0.777. The number of hydrogen-bond acceptors (Lipinski definition) is 3. The number of hydrogen-bond donors (Lipinski definition) is 2. The number of thiophene rings is 1. The number of carbonyl (C=O) groups is 2. The van der Waals surface area contributed by atoms with Gasteiger partial charge in [0, 0.05) is 0 Å². The number of benzene rings is 2. The molecule has 0 radical (unpaired) electrons. The Bertz CT molecular complexity index is 849. The highest BCUT2D eigenvalue weighted by atomic mass is 32.1. The second kappa shape index (κ2) is 5.99. The van der Waals surface area contributed by atoms with Crippen LogP contribution in [-0.2, 0) is 11.2 Å². The van der Waals surface area contributed by atoms with Crippen LogP contribution in [0, 0.1) is 0 Å². The smallest absolute Gasteiger partial charge is 0.260 e. The maximum absolute atomic E-state index is 12.2. The Kier molecular flexibility index (Phi) is 3.89. The fraction of sp³-hybridized carbons (Fsp3) is 0.0588. The Balaban J connectivity index is 1.82. The van der Waals surface area contributed by atoms with Crippen molar-refractivity contribution in [3.05, 3.63) is 64.4 Å². The molecular formula is C17H14N2O2S. The van der Waals surface area contributed by atoms with E-state index in [1.807, 2.05) is 42.5 Å². The molecular weight excluding hydrogens is 296 g/mol. The van der Waals surface area contributed by atoms with Crippen LogP contribution in [0.25, 0.3) is 10.8 Å². The molecule has 0 aliphatic carbocycles. The van der Waals surface area contributed by atoms with Gasteiger partial charge in [-0.2, -0.15) is 0 Å². The van der Waals surface area contributed by atoms with Gasteiger partial charge in [0.05, 0.1) is 12.1 Å². The number of anilines is 1. The van der Waals surface area contributed by atoms with Crippen molar-refractivity contribution >= 4 is 39.6 Å². The molecule has 2 aromatic carbocycles. The van der Waals surface area contributed by atoms with Crippen LogP contribution >= 0.6 is 11.3 Å². The summed E-state index contributed by atoms with van der Waals surface area (Å²) in [6.45, 7) is 0. The fourth-order valence-corrected chi connectivity index (χ4v) is 3.11. The lowest BCUT2D eigenvalue weighted by Crippen LogP contribution is -2.18. The molecule has 5 heteroatoms. The molecule has 1 aromatic heterocycles. The summed E-state index contributed by atoms with van der Waals surface area (Å²) in [5.74, 6) is -0.701. The van der Waals surface area contributed by atoms with E-state index in [4.69, 9.17) is 5.73 Å². The Labute approximate surface area is 131 Å². The Morgan fingerprint density at radius 1 is 1.05 bits per heavy atom. The van der Waals surface area contributed by atoms with Gasteiger partial charge in [-0.15, -0.1) is 11.3 Å². The van der Waals surface area contributed by atoms with Crippen LogP contribution < -0.4 is 11.1 Å². The highest BCUT2D eigenvalue weighted by Gasteiger charge is 2.13. The minimum atomic E-state index is -0.532. The number of fused-ring (bicyclic) bond motifs is 1. The van der Waals surface area contributed by atoms with E-state index in [-0.39, 0.29) is 12.3 Å². The second-order valence-electron chi connectivity index (χ2n) is 4.89. The lowest BCUT2D eigenvalue weighted by molar-refractivity contribution is -0.115. The highest BCUT2D eigenvalue weighted by molar-refractivity contribution is 7.12. The molecule has 1 heterocycles. The first-order chi connectivity index (χ1) is 10.6. The average molecular weight is 310 g/mol. The van der Waals surface area contributed by atoms with Crippen molar-refractivity contribution in [2.24, 2.45) is 5.73 Å². The van der Waals surface area contributed by atoms with Crippen molar-refractivity contribution < 1.29 is 9.59 Å². The third-order valence-corrected chi connectivity index (χ3v) is 4.32. The second-order valence-corrected chi connectivity index (χ2v) is 5.81. The standard InChI is InChI=1S/C17H14N2O2S/c18-17(21)16-14(8-9-22-16)19-15(20)10-12-6-3-5-11-4-1-2-7-13(11)12/h1-9H,10H2,(H2,18,21)(H,19,20). The molecule has 0 atom stereocenters. The monoisotopic (exact) mass is 310 g/mol. The summed E-state index contributed by atoms with van der Waals surface area (Å²) < 4.78 is 0. The van der Waals surface area contributed by atoms with Crippen LogP contribution in [0.15, 0.2) is 53.9 Å². The highest BCUT2D eigenvalue weighted by Crippen LogP contribution is 2.23. The van der Waals surface area contributed by atoms with Gasteiger partial charge in [0.25, 0.3) is 5.91 Å². The molecule has 3 rings (SSSR count). The first kappa shape index (κ1) is 14.3. The molecule has 4 nitrogen and oxygen atoms in total. The molecule has 0 aliphatic rings. The number of nitrogens with two attached hydrogens (primary N) is 1. The van der Waals surface area contributed by atoms with Crippen molar-refractivity contribution in [1.29, 1.82) is 0 Å². The van der Waals surface area contributed by atoms with E-state index in [9.17, 15) is 9.59 Å². The van der Waals surface area contributed by atoms with Gasteiger partial charge in [-0.1, -0.05) is 42.5 Å². The molecule has 0 unspecified atom stereocenters. The zero-order valence-corrected chi connectivity index (χ0v) is 12.5. The van der Waals surface area contributed by atoms with Gasteiger partial charge in [-0.05, 0) is 27.8 Å². The van der Waals surface area contributed by atoms with Crippen LogP contribution in [0.3, 0.4) is 0 Å². The van der Waals surface area contributed by atoms with Gasteiger partial charge in [0.2, 0.25) is 5.91 Å². The van der Waals surface area contributed by atoms with E-state index in [1.54, 1.807) is 11.4 Å². The van der Waals surface area contributed by atoms with Gasteiger partial charge in [-0.3, -0.25) is 9.59 Å². The molecule has 110 valence electrons. The van der Waals surface area contributed by atoms with Crippen molar-refractivity contribution in [2.75, 3.05) is 5.32 Å². The van der Waals surface area contributed by atoms with Gasteiger partial charge in [0.15, 0.2) is 0 Å². The number of carbonyl (C=O) groups excluding carboxylic acids is 2. The molecule has 0 saturated heterocycles. The van der Waals surface area contributed by atoms with E-state index >= 15 is 0 Å². The van der Waals surface area contributed by atoms with Crippen molar-refractivity contribution in [1.82, 2.24) is 0 Å². The number of primary amides is 1. The predicted octanol–water partition coefficient (Wildman–Crippen LogP) is 3.18. The molecule has 0 aliphatic heterocycles. The van der Waals surface area contributed by atoms with Crippen LogP contribution in [0.5, 0.6) is 0 Å². The van der Waals surface area contributed by atoms with Crippen LogP contribution in [-0.4, -0.2) is 11.8 Å². The van der Waals surface area contributed by atoms with Gasteiger partial charge in [0.1, 0.15) is 4.88 Å². The predicted molar refractivity (Wildman–Crippen MR) is 89.1 cm³/mol. The fourth-order valence-electron chi connectivity index (χ4n) is 2.41. The molecule has 2 amide bonds. The van der Waals surface area contributed by atoms with E-state index in [0.29, 0.717) is 10.6 Å². The molecule has 22 heavy (non-hydrogen) atoms. The summed E-state index contributed by atoms with van der Waals surface area (Å²) in [7, 11) is 0. The lowest BCUT2D eigenvalue weighted by Gasteiger charge is -2.08. The normalized spacial score (nSPS) is 10.5. The molecule has 0 spiro atoms.